The third-order valence-electron chi connectivity index (χ3n) is 3.36. The average molecular weight is 278 g/mol. The van der Waals surface area contributed by atoms with Crippen LogP contribution in [0.3, 0.4) is 0 Å². The van der Waals surface area contributed by atoms with E-state index in [1.165, 1.54) is 16.8 Å². The van der Waals surface area contributed by atoms with E-state index >= 15 is 0 Å². The van der Waals surface area contributed by atoms with Gasteiger partial charge in [-0.05, 0) is 30.5 Å². The molecule has 0 atom stereocenters. The Balaban J connectivity index is 2.11. The van der Waals surface area contributed by atoms with Crippen molar-refractivity contribution in [1.29, 1.82) is 0 Å². The minimum atomic E-state index is -3.58. The van der Waals surface area contributed by atoms with Crippen LogP contribution in [0.25, 0.3) is 0 Å². The molecule has 3 rings (SSSR count). The average Bonchev–Trinajstić information content (AvgIpc) is 2.98. The van der Waals surface area contributed by atoms with Crippen LogP contribution in [0, 0.1) is 6.92 Å². The van der Waals surface area contributed by atoms with Crippen LogP contribution in [0.5, 0.6) is 0 Å². The van der Waals surface area contributed by atoms with Crippen LogP contribution in [0.1, 0.15) is 11.1 Å². The van der Waals surface area contributed by atoms with Gasteiger partial charge in [0.1, 0.15) is 0 Å². The van der Waals surface area contributed by atoms with Gasteiger partial charge in [-0.3, -0.25) is 4.31 Å². The number of nitrogen functional groups attached to an aromatic ring is 1. The number of nitrogens with one attached hydrogen (secondary N) is 1. The maximum Gasteiger partial charge on any atom is 0.281 e. The number of nitrogens with two attached hydrogens (primary N) is 1. The molecule has 6 nitrogen and oxygen atoms in total. The molecule has 0 spiro atoms. The van der Waals surface area contributed by atoms with Gasteiger partial charge < -0.3 is 10.7 Å². The van der Waals surface area contributed by atoms with E-state index in [2.05, 4.69) is 9.97 Å². The fourth-order valence-electron chi connectivity index (χ4n) is 2.30. The summed E-state index contributed by atoms with van der Waals surface area (Å²) in [5.74, 6) is 0. The zero-order valence-corrected chi connectivity index (χ0v) is 11.2. The topological polar surface area (TPSA) is 92.1 Å². The smallest absolute Gasteiger partial charge is 0.281 e. The molecule has 0 saturated heterocycles. The first-order valence-electron chi connectivity index (χ1n) is 5.90. The van der Waals surface area contributed by atoms with Gasteiger partial charge in [0.25, 0.3) is 10.0 Å². The van der Waals surface area contributed by atoms with E-state index in [0.717, 1.165) is 11.1 Å². The highest BCUT2D eigenvalue weighted by Crippen LogP contribution is 2.35. The summed E-state index contributed by atoms with van der Waals surface area (Å²) in [6.07, 6.45) is 3.36. The summed E-state index contributed by atoms with van der Waals surface area (Å²) in [6, 6.07) is 3.68. The molecule has 0 radical (unpaired) electrons. The summed E-state index contributed by atoms with van der Waals surface area (Å²) in [7, 11) is -3.58. The summed E-state index contributed by atoms with van der Waals surface area (Å²) in [5, 5.41) is 0.0968. The number of nitrogens with zero attached hydrogens (tertiary/aromatic N) is 2. The van der Waals surface area contributed by atoms with E-state index in [9.17, 15) is 8.42 Å². The fraction of sp³-hybridized carbons (Fsp3) is 0.250. The molecule has 2 heterocycles. The van der Waals surface area contributed by atoms with E-state index < -0.39 is 10.0 Å². The zero-order valence-electron chi connectivity index (χ0n) is 10.4. The predicted molar refractivity (Wildman–Crippen MR) is 72.4 cm³/mol. The predicted octanol–water partition coefficient (Wildman–Crippen LogP) is 1.05. The Kier molecular flexibility index (Phi) is 2.53. The van der Waals surface area contributed by atoms with Gasteiger partial charge in [0, 0.05) is 12.2 Å². The lowest BCUT2D eigenvalue weighted by Crippen LogP contribution is -2.29. The van der Waals surface area contributed by atoms with Crippen LogP contribution in [-0.2, 0) is 16.4 Å². The molecule has 3 N–H and O–H groups in total. The Morgan fingerprint density at radius 3 is 2.89 bits per heavy atom. The highest BCUT2D eigenvalue weighted by atomic mass is 32.2. The number of sulfonamides is 1. The van der Waals surface area contributed by atoms with E-state index in [4.69, 9.17) is 5.73 Å². The van der Waals surface area contributed by atoms with E-state index in [-0.39, 0.29) is 5.03 Å². The Morgan fingerprint density at radius 2 is 2.21 bits per heavy atom. The molecule has 0 saturated carbocycles. The second-order valence-electron chi connectivity index (χ2n) is 4.58. The number of aryl methyl sites for hydroxylation is 1. The lowest BCUT2D eigenvalue weighted by atomic mass is 10.1. The first kappa shape index (κ1) is 12.0. The molecule has 1 aromatic carbocycles. The molecule has 0 bridgehead atoms. The summed E-state index contributed by atoms with van der Waals surface area (Å²) >= 11 is 0. The molecule has 100 valence electrons. The molecule has 1 aliphatic rings. The third kappa shape index (κ3) is 1.77. The third-order valence-corrected chi connectivity index (χ3v) is 5.10. The molecule has 1 aliphatic heterocycles. The fourth-order valence-corrected chi connectivity index (χ4v) is 3.69. The van der Waals surface area contributed by atoms with Gasteiger partial charge in [0.05, 0.1) is 18.2 Å². The number of hydrogen-bond acceptors (Lipinski definition) is 4. The van der Waals surface area contributed by atoms with Crippen molar-refractivity contribution in [2.45, 2.75) is 18.4 Å². The van der Waals surface area contributed by atoms with Crippen LogP contribution in [0.2, 0.25) is 0 Å². The lowest BCUT2D eigenvalue weighted by Gasteiger charge is -2.19. The van der Waals surface area contributed by atoms with E-state index in [1.54, 1.807) is 6.07 Å². The van der Waals surface area contributed by atoms with Crippen molar-refractivity contribution in [3.05, 3.63) is 35.8 Å². The monoisotopic (exact) mass is 278 g/mol. The number of hydrogen-bond donors (Lipinski definition) is 2. The van der Waals surface area contributed by atoms with Crippen molar-refractivity contribution in [1.82, 2.24) is 9.97 Å². The van der Waals surface area contributed by atoms with Gasteiger partial charge in [-0.1, -0.05) is 6.07 Å². The second-order valence-corrected chi connectivity index (χ2v) is 6.41. The van der Waals surface area contributed by atoms with Gasteiger partial charge in [0.15, 0.2) is 5.03 Å². The first-order valence-corrected chi connectivity index (χ1v) is 7.34. The zero-order chi connectivity index (χ0) is 13.6. The maximum atomic E-state index is 12.5. The minimum Gasteiger partial charge on any atom is -0.398 e. The van der Waals surface area contributed by atoms with Crippen molar-refractivity contribution < 1.29 is 8.42 Å². The quantitative estimate of drug-likeness (QED) is 0.803. The maximum absolute atomic E-state index is 12.5. The molecular formula is C12H14N4O2S. The molecule has 19 heavy (non-hydrogen) atoms. The number of imidazole rings is 1. The highest BCUT2D eigenvalue weighted by molar-refractivity contribution is 7.92. The first-order chi connectivity index (χ1) is 9.00. The molecule has 1 aromatic heterocycles. The number of anilines is 2. The minimum absolute atomic E-state index is 0.0968. The summed E-state index contributed by atoms with van der Waals surface area (Å²) in [6.45, 7) is 2.35. The van der Waals surface area contributed by atoms with Crippen LogP contribution in [0.15, 0.2) is 29.7 Å². The number of H-pyrrole nitrogens is 1. The van der Waals surface area contributed by atoms with Crippen LogP contribution >= 0.6 is 0 Å². The molecule has 7 heteroatoms. The molecule has 2 aromatic rings. The van der Waals surface area contributed by atoms with Crippen LogP contribution in [0.4, 0.5) is 11.4 Å². The van der Waals surface area contributed by atoms with E-state index in [1.807, 2.05) is 13.0 Å². The van der Waals surface area contributed by atoms with Crippen molar-refractivity contribution in [3.8, 4) is 0 Å². The highest BCUT2D eigenvalue weighted by Gasteiger charge is 2.32. The van der Waals surface area contributed by atoms with E-state index in [0.29, 0.717) is 24.3 Å². The molecule has 0 amide bonds. The largest absolute Gasteiger partial charge is 0.398 e. The van der Waals surface area contributed by atoms with Crippen molar-refractivity contribution in [3.63, 3.8) is 0 Å². The van der Waals surface area contributed by atoms with Gasteiger partial charge in [0.2, 0.25) is 0 Å². The van der Waals surface area contributed by atoms with Gasteiger partial charge in [-0.25, -0.2) is 4.98 Å². The number of fused-ring (bicyclic) bond motifs is 1. The number of aromatic amines is 1. The Bertz CT molecular complexity index is 722. The van der Waals surface area contributed by atoms with Gasteiger partial charge in [-0.15, -0.1) is 0 Å². The van der Waals surface area contributed by atoms with Gasteiger partial charge >= 0.3 is 0 Å². The number of rotatable bonds is 2. The standard InChI is InChI=1S/C12H14N4O2S/c1-8-4-9-2-3-16(11(9)5-10(8)13)19(17,18)12-6-14-7-15-12/h4-7H,2-3,13H2,1H3,(H,14,15). The SMILES string of the molecule is Cc1cc2c(cc1N)N(S(=O)(=O)c1cnc[nH]1)CC2. The molecule has 0 unspecified atom stereocenters. The van der Waals surface area contributed by atoms with Gasteiger partial charge in [-0.2, -0.15) is 8.42 Å². The summed E-state index contributed by atoms with van der Waals surface area (Å²) in [4.78, 5) is 6.40. The van der Waals surface area contributed by atoms with Crippen LogP contribution in [-0.4, -0.2) is 24.9 Å². The number of aromatic nitrogens is 2. The normalized spacial score (nSPS) is 14.7. The molecule has 0 fully saturated rings. The molecular weight excluding hydrogens is 264 g/mol. The summed E-state index contributed by atoms with van der Waals surface area (Å²) in [5.41, 5.74) is 9.12. The van der Waals surface area contributed by atoms with Crippen molar-refractivity contribution in [2.24, 2.45) is 0 Å². The van der Waals surface area contributed by atoms with Crippen molar-refractivity contribution >= 4 is 21.4 Å². The number of benzene rings is 1. The summed E-state index contributed by atoms with van der Waals surface area (Å²) < 4.78 is 26.3. The Morgan fingerprint density at radius 1 is 1.42 bits per heavy atom. The Labute approximate surface area is 111 Å². The molecule has 0 aliphatic carbocycles. The van der Waals surface area contributed by atoms with Crippen molar-refractivity contribution in [2.75, 3.05) is 16.6 Å². The lowest BCUT2D eigenvalue weighted by molar-refractivity contribution is 0.589. The van der Waals surface area contributed by atoms with Crippen LogP contribution < -0.4 is 10.0 Å². The Hall–Kier alpha value is -2.02. The second kappa shape index (κ2) is 3.99.